The first-order valence-corrected chi connectivity index (χ1v) is 11.0. The normalized spacial score (nSPS) is 21.4. The van der Waals surface area contributed by atoms with Crippen LogP contribution in [0.2, 0.25) is 25.2 Å². The molecule has 1 saturated heterocycles. The van der Waals surface area contributed by atoms with Crippen molar-refractivity contribution < 1.29 is 9.53 Å². The highest BCUT2D eigenvalue weighted by Gasteiger charge is 2.36. The molecule has 0 unspecified atom stereocenters. The summed E-state index contributed by atoms with van der Waals surface area (Å²) < 4.78 is 5.47. The molecule has 1 aliphatic heterocycles. The van der Waals surface area contributed by atoms with E-state index in [0.717, 1.165) is 25.8 Å². The second-order valence-electron chi connectivity index (χ2n) is 7.75. The molecule has 5 heteroatoms. The van der Waals surface area contributed by atoms with Crippen LogP contribution < -0.4 is 0 Å². The fraction of sp³-hybridized carbons (Fsp3) is 0.867. The molecule has 0 spiro atoms. The van der Waals surface area contributed by atoms with Gasteiger partial charge in [-0.2, -0.15) is 5.26 Å². The number of nitriles is 1. The summed E-state index contributed by atoms with van der Waals surface area (Å²) in [6.07, 6.45) is 2.56. The Balaban J connectivity index is 2.71. The summed E-state index contributed by atoms with van der Waals surface area (Å²) in [4.78, 5) is 14.1. The molecular weight excluding hydrogens is 268 g/mol. The molecule has 0 aromatic heterocycles. The van der Waals surface area contributed by atoms with Crippen LogP contribution in [0.3, 0.4) is 0 Å². The van der Waals surface area contributed by atoms with E-state index in [-0.39, 0.29) is 17.7 Å². The maximum absolute atomic E-state index is 12.2. The van der Waals surface area contributed by atoms with Crippen LogP contribution in [-0.2, 0) is 4.74 Å². The molecule has 0 aromatic rings. The van der Waals surface area contributed by atoms with Gasteiger partial charge in [0.25, 0.3) is 0 Å². The van der Waals surface area contributed by atoms with Gasteiger partial charge in [-0.25, -0.2) is 4.79 Å². The predicted octanol–water partition coefficient (Wildman–Crippen LogP) is 4.01. The topological polar surface area (TPSA) is 53.3 Å². The second kappa shape index (κ2) is 6.17. The van der Waals surface area contributed by atoms with E-state index in [1.54, 1.807) is 0 Å². The molecule has 4 nitrogen and oxygen atoms in total. The lowest BCUT2D eigenvalue weighted by Crippen LogP contribution is -2.41. The number of amides is 1. The van der Waals surface area contributed by atoms with Crippen molar-refractivity contribution in [1.82, 2.24) is 4.90 Å². The Morgan fingerprint density at radius 2 is 2.05 bits per heavy atom. The molecule has 1 aliphatic rings. The lowest BCUT2D eigenvalue weighted by atomic mass is 10.1. The number of likely N-dealkylation sites (tertiary alicyclic amines) is 1. The zero-order chi connectivity index (χ0) is 15.6. The summed E-state index contributed by atoms with van der Waals surface area (Å²) in [7, 11) is -1.51. The molecule has 1 amide bonds. The lowest BCUT2D eigenvalue weighted by molar-refractivity contribution is 0.0221. The van der Waals surface area contributed by atoms with Gasteiger partial charge in [-0.15, -0.1) is 0 Å². The van der Waals surface area contributed by atoms with Gasteiger partial charge in [-0.3, -0.25) is 0 Å². The van der Waals surface area contributed by atoms with Gasteiger partial charge in [0.05, 0.1) is 14.1 Å². The van der Waals surface area contributed by atoms with E-state index < -0.39 is 13.7 Å². The molecule has 0 aliphatic carbocycles. The molecule has 1 fully saturated rings. The molecule has 0 N–H and O–H groups in total. The van der Waals surface area contributed by atoms with Gasteiger partial charge in [-0.05, 0) is 40.0 Å². The van der Waals surface area contributed by atoms with E-state index in [9.17, 15) is 10.1 Å². The standard InChI is InChI=1S/C15H28N2O2Si/c1-15(2,3)19-14(18)17-9-7-8-12(17)10-13(11-16)20(4,5)6/h12-13H,7-10H2,1-6H3/t12-,13-/m0/s1. The van der Waals surface area contributed by atoms with Gasteiger partial charge in [0.15, 0.2) is 0 Å². The Labute approximate surface area is 124 Å². The number of rotatable bonds is 3. The first-order chi connectivity index (χ1) is 9.04. The molecular formula is C15H28N2O2Si. The number of hydrogen-bond donors (Lipinski definition) is 0. The van der Waals surface area contributed by atoms with E-state index in [1.807, 2.05) is 25.7 Å². The van der Waals surface area contributed by atoms with Crippen molar-refractivity contribution in [3.63, 3.8) is 0 Å². The lowest BCUT2D eigenvalue weighted by Gasteiger charge is -2.32. The highest BCUT2D eigenvalue weighted by atomic mass is 28.3. The van der Waals surface area contributed by atoms with Gasteiger partial charge in [0.2, 0.25) is 0 Å². The van der Waals surface area contributed by atoms with Crippen LogP contribution in [0.5, 0.6) is 0 Å². The average Bonchev–Trinajstić information content (AvgIpc) is 2.69. The quantitative estimate of drug-likeness (QED) is 0.739. The highest BCUT2D eigenvalue weighted by Crippen LogP contribution is 2.32. The van der Waals surface area contributed by atoms with Crippen LogP contribution in [0.15, 0.2) is 0 Å². The minimum absolute atomic E-state index is 0.0931. The summed E-state index contributed by atoms with van der Waals surface area (Å²) in [5.74, 6) is 0. The molecule has 114 valence electrons. The molecule has 20 heavy (non-hydrogen) atoms. The van der Waals surface area contributed by atoms with Crippen LogP contribution in [0.25, 0.3) is 0 Å². The van der Waals surface area contributed by atoms with Crippen molar-refractivity contribution in [3.8, 4) is 6.07 Å². The van der Waals surface area contributed by atoms with Crippen LogP contribution >= 0.6 is 0 Å². The van der Waals surface area contributed by atoms with Gasteiger partial charge >= 0.3 is 6.09 Å². The third-order valence-electron chi connectivity index (χ3n) is 3.71. The van der Waals surface area contributed by atoms with E-state index >= 15 is 0 Å². The fourth-order valence-corrected chi connectivity index (χ4v) is 3.88. The second-order valence-corrected chi connectivity index (χ2v) is 13.2. The number of carbonyl (C=O) groups excluding carboxylic acids is 1. The molecule has 0 aromatic carbocycles. The summed E-state index contributed by atoms with van der Waals surface area (Å²) in [5, 5.41) is 9.38. The van der Waals surface area contributed by atoms with E-state index in [1.165, 1.54) is 0 Å². The van der Waals surface area contributed by atoms with Crippen LogP contribution in [0.4, 0.5) is 4.79 Å². The van der Waals surface area contributed by atoms with E-state index in [4.69, 9.17) is 4.74 Å². The van der Waals surface area contributed by atoms with Crippen molar-refractivity contribution in [1.29, 1.82) is 5.26 Å². The zero-order valence-electron chi connectivity index (χ0n) is 13.7. The van der Waals surface area contributed by atoms with Gasteiger partial charge < -0.3 is 9.64 Å². The van der Waals surface area contributed by atoms with Crippen LogP contribution in [0, 0.1) is 11.3 Å². The number of hydrogen-bond acceptors (Lipinski definition) is 3. The summed E-state index contributed by atoms with van der Waals surface area (Å²) in [6, 6.07) is 2.63. The van der Waals surface area contributed by atoms with Gasteiger partial charge in [-0.1, -0.05) is 19.6 Å². The predicted molar refractivity (Wildman–Crippen MR) is 83.3 cm³/mol. The average molecular weight is 296 g/mol. The minimum Gasteiger partial charge on any atom is -0.444 e. The first-order valence-electron chi connectivity index (χ1n) is 7.44. The van der Waals surface area contributed by atoms with Crippen molar-refractivity contribution in [2.75, 3.05) is 6.54 Å². The number of ether oxygens (including phenoxy) is 1. The minimum atomic E-state index is -1.51. The van der Waals surface area contributed by atoms with Crippen molar-refractivity contribution in [2.45, 2.75) is 76.9 Å². The van der Waals surface area contributed by atoms with Crippen LogP contribution in [0.1, 0.15) is 40.0 Å². The Kier molecular flexibility index (Phi) is 5.25. The number of nitrogens with zero attached hydrogens (tertiary/aromatic N) is 2. The Morgan fingerprint density at radius 3 is 2.50 bits per heavy atom. The summed E-state index contributed by atoms with van der Waals surface area (Å²) in [5.41, 5.74) is -0.368. The Hall–Kier alpha value is -1.02. The molecule has 0 bridgehead atoms. The van der Waals surface area contributed by atoms with Gasteiger partial charge in [0.1, 0.15) is 5.60 Å². The summed E-state index contributed by atoms with van der Waals surface area (Å²) >= 11 is 0. The molecule has 0 radical (unpaired) electrons. The maximum Gasteiger partial charge on any atom is 0.410 e. The Morgan fingerprint density at radius 1 is 1.45 bits per heavy atom. The van der Waals surface area contributed by atoms with Crippen molar-refractivity contribution >= 4 is 14.2 Å². The fourth-order valence-electron chi connectivity index (χ4n) is 2.51. The first kappa shape index (κ1) is 17.0. The molecule has 0 saturated carbocycles. The molecule has 2 atom stereocenters. The van der Waals surface area contributed by atoms with Crippen molar-refractivity contribution in [2.24, 2.45) is 0 Å². The van der Waals surface area contributed by atoms with E-state index in [2.05, 4.69) is 25.7 Å². The third kappa shape index (κ3) is 4.82. The largest absolute Gasteiger partial charge is 0.444 e. The smallest absolute Gasteiger partial charge is 0.410 e. The maximum atomic E-state index is 12.2. The Bertz CT molecular complexity index is 390. The molecule has 1 heterocycles. The highest BCUT2D eigenvalue weighted by molar-refractivity contribution is 6.78. The number of carbonyl (C=O) groups is 1. The zero-order valence-corrected chi connectivity index (χ0v) is 14.7. The van der Waals surface area contributed by atoms with Crippen molar-refractivity contribution in [3.05, 3.63) is 0 Å². The van der Waals surface area contributed by atoms with Gasteiger partial charge in [0, 0.05) is 18.1 Å². The molecule has 1 rings (SSSR count). The van der Waals surface area contributed by atoms with E-state index in [0.29, 0.717) is 0 Å². The summed E-state index contributed by atoms with van der Waals surface area (Å²) in [6.45, 7) is 13.1. The third-order valence-corrected chi connectivity index (χ3v) is 6.17. The monoisotopic (exact) mass is 296 g/mol. The SMILES string of the molecule is CC(C)(C)OC(=O)N1CCC[C@H]1C[C@@H](C#N)[Si](C)(C)C. The van der Waals surface area contributed by atoms with Crippen LogP contribution in [-0.4, -0.2) is 37.3 Å².